The number of hydrogen-bond acceptors (Lipinski definition) is 4. The van der Waals surface area contributed by atoms with Gasteiger partial charge < -0.3 is 14.5 Å². The van der Waals surface area contributed by atoms with Gasteiger partial charge in [0.1, 0.15) is 12.4 Å². The van der Waals surface area contributed by atoms with Gasteiger partial charge in [-0.05, 0) is 42.8 Å². The van der Waals surface area contributed by atoms with Crippen LogP contribution < -0.4 is 9.64 Å². The van der Waals surface area contributed by atoms with Crippen LogP contribution in [-0.4, -0.2) is 67.5 Å². The molecule has 0 saturated carbocycles. The van der Waals surface area contributed by atoms with Crippen LogP contribution in [0.15, 0.2) is 48.5 Å². The fourth-order valence-electron chi connectivity index (χ4n) is 3.96. The minimum atomic E-state index is 0.00219. The molecule has 2 aromatic rings. The third-order valence-corrected chi connectivity index (χ3v) is 5.90. The van der Waals surface area contributed by atoms with Crippen molar-refractivity contribution in [3.63, 3.8) is 0 Å². The molecule has 2 amide bonds. The number of carbonyl (C=O) groups is 2. The van der Waals surface area contributed by atoms with Gasteiger partial charge in [0.2, 0.25) is 5.91 Å². The Morgan fingerprint density at radius 1 is 0.967 bits per heavy atom. The molecule has 0 unspecified atom stereocenters. The second-order valence-corrected chi connectivity index (χ2v) is 8.04. The van der Waals surface area contributed by atoms with Gasteiger partial charge in [0, 0.05) is 50.7 Å². The highest BCUT2D eigenvalue weighted by Crippen LogP contribution is 2.26. The summed E-state index contributed by atoms with van der Waals surface area (Å²) in [6.45, 7) is 5.04. The second kappa shape index (κ2) is 9.49. The first-order valence-corrected chi connectivity index (χ1v) is 10.8. The van der Waals surface area contributed by atoms with E-state index in [9.17, 15) is 9.59 Å². The van der Waals surface area contributed by atoms with E-state index in [1.165, 1.54) is 0 Å². The lowest BCUT2D eigenvalue weighted by Crippen LogP contribution is -2.49. The number of para-hydroxylation sites is 1. The number of anilines is 1. The maximum Gasteiger partial charge on any atom is 0.256 e. The summed E-state index contributed by atoms with van der Waals surface area (Å²) in [5.74, 6) is 0.907. The number of hydrogen-bond donors (Lipinski definition) is 0. The van der Waals surface area contributed by atoms with Crippen molar-refractivity contribution >= 4 is 29.1 Å². The molecule has 2 aliphatic rings. The fourth-order valence-corrected chi connectivity index (χ4v) is 4.09. The van der Waals surface area contributed by atoms with Gasteiger partial charge in [-0.2, -0.15) is 0 Å². The Labute approximate surface area is 182 Å². The zero-order chi connectivity index (χ0) is 20.9. The Balaban J connectivity index is 1.29. The zero-order valence-corrected chi connectivity index (χ0v) is 17.7. The molecular weight excluding hydrogens is 402 g/mol. The molecule has 158 valence electrons. The molecule has 0 bridgehead atoms. The highest BCUT2D eigenvalue weighted by Gasteiger charge is 2.28. The first-order chi connectivity index (χ1) is 14.6. The Bertz CT molecular complexity index is 895. The van der Waals surface area contributed by atoms with E-state index < -0.39 is 0 Å². The first kappa shape index (κ1) is 20.7. The van der Waals surface area contributed by atoms with E-state index in [1.807, 2.05) is 53.4 Å². The van der Waals surface area contributed by atoms with E-state index in [1.54, 1.807) is 4.90 Å². The molecule has 0 N–H and O–H groups in total. The highest BCUT2D eigenvalue weighted by atomic mass is 35.5. The van der Waals surface area contributed by atoms with Crippen LogP contribution in [0.3, 0.4) is 0 Å². The first-order valence-electron chi connectivity index (χ1n) is 10.4. The minimum absolute atomic E-state index is 0.00219. The van der Waals surface area contributed by atoms with E-state index in [0.717, 1.165) is 37.5 Å². The van der Waals surface area contributed by atoms with Gasteiger partial charge in [-0.25, -0.2) is 0 Å². The number of rotatable bonds is 6. The maximum absolute atomic E-state index is 13.2. The predicted molar refractivity (Wildman–Crippen MR) is 117 cm³/mol. The largest absolute Gasteiger partial charge is 0.492 e. The van der Waals surface area contributed by atoms with E-state index in [0.29, 0.717) is 43.2 Å². The van der Waals surface area contributed by atoms with Crippen LogP contribution in [0.25, 0.3) is 0 Å². The van der Waals surface area contributed by atoms with Crippen LogP contribution in [0.1, 0.15) is 23.2 Å². The summed E-state index contributed by atoms with van der Waals surface area (Å²) in [7, 11) is 0. The van der Waals surface area contributed by atoms with E-state index in [4.69, 9.17) is 16.3 Å². The van der Waals surface area contributed by atoms with E-state index >= 15 is 0 Å². The SMILES string of the molecule is O=C(c1ccccc1N1CCCC1=O)N1CCN(CCOc2ccc(Cl)cc2)CC1. The molecule has 2 aromatic carbocycles. The monoisotopic (exact) mass is 427 g/mol. The Kier molecular flexibility index (Phi) is 6.55. The molecule has 0 atom stereocenters. The molecule has 0 aliphatic carbocycles. The Morgan fingerprint density at radius 2 is 1.70 bits per heavy atom. The van der Waals surface area contributed by atoms with Crippen LogP contribution >= 0.6 is 11.6 Å². The maximum atomic E-state index is 13.2. The molecule has 7 heteroatoms. The molecule has 2 aliphatic heterocycles. The topological polar surface area (TPSA) is 53.1 Å². The second-order valence-electron chi connectivity index (χ2n) is 7.60. The molecule has 2 saturated heterocycles. The molecule has 6 nitrogen and oxygen atoms in total. The van der Waals surface area contributed by atoms with Crippen LogP contribution in [0, 0.1) is 0 Å². The molecule has 4 rings (SSSR count). The van der Waals surface area contributed by atoms with Crippen LogP contribution in [0.4, 0.5) is 5.69 Å². The van der Waals surface area contributed by atoms with Crippen molar-refractivity contribution in [1.82, 2.24) is 9.80 Å². The summed E-state index contributed by atoms with van der Waals surface area (Å²) in [5, 5.41) is 0.693. The molecule has 2 heterocycles. The van der Waals surface area contributed by atoms with Gasteiger partial charge in [0.25, 0.3) is 5.91 Å². The molecule has 30 heavy (non-hydrogen) atoms. The number of halogens is 1. The van der Waals surface area contributed by atoms with Crippen molar-refractivity contribution in [3.8, 4) is 5.75 Å². The van der Waals surface area contributed by atoms with Crippen LogP contribution in [0.5, 0.6) is 5.75 Å². The van der Waals surface area contributed by atoms with Crippen molar-refractivity contribution in [2.45, 2.75) is 12.8 Å². The lowest BCUT2D eigenvalue weighted by Gasteiger charge is -2.35. The molecule has 2 fully saturated rings. The average Bonchev–Trinajstić information content (AvgIpc) is 3.21. The highest BCUT2D eigenvalue weighted by molar-refractivity contribution is 6.30. The number of amides is 2. The standard InChI is InChI=1S/C23H26ClN3O3/c24-18-7-9-19(10-8-18)30-17-16-25-12-14-26(15-13-25)23(29)20-4-1-2-5-21(20)27-11-3-6-22(27)28/h1-2,4-5,7-10H,3,6,11-17H2. The lowest BCUT2D eigenvalue weighted by atomic mass is 10.1. The molecule has 0 radical (unpaired) electrons. The van der Waals surface area contributed by atoms with Crippen molar-refractivity contribution in [3.05, 3.63) is 59.1 Å². The quantitative estimate of drug-likeness (QED) is 0.709. The molecular formula is C23H26ClN3O3. The van der Waals surface area contributed by atoms with Gasteiger partial charge in [-0.15, -0.1) is 0 Å². The molecule has 0 spiro atoms. The summed E-state index contributed by atoms with van der Waals surface area (Å²) in [6, 6.07) is 14.8. The van der Waals surface area contributed by atoms with Crippen molar-refractivity contribution in [1.29, 1.82) is 0 Å². The summed E-state index contributed by atoms with van der Waals surface area (Å²) < 4.78 is 5.77. The third kappa shape index (κ3) is 4.77. The number of benzene rings is 2. The van der Waals surface area contributed by atoms with E-state index in [2.05, 4.69) is 4.90 Å². The Morgan fingerprint density at radius 3 is 2.40 bits per heavy atom. The number of carbonyl (C=O) groups excluding carboxylic acids is 2. The fraction of sp³-hybridized carbons (Fsp3) is 0.391. The van der Waals surface area contributed by atoms with E-state index in [-0.39, 0.29) is 11.8 Å². The normalized spacial score (nSPS) is 17.4. The van der Waals surface area contributed by atoms with Crippen LogP contribution in [-0.2, 0) is 4.79 Å². The minimum Gasteiger partial charge on any atom is -0.492 e. The van der Waals surface area contributed by atoms with Gasteiger partial charge >= 0.3 is 0 Å². The average molecular weight is 428 g/mol. The Hall–Kier alpha value is -2.57. The zero-order valence-electron chi connectivity index (χ0n) is 16.9. The lowest BCUT2D eigenvalue weighted by molar-refractivity contribution is -0.117. The van der Waals surface area contributed by atoms with Crippen molar-refractivity contribution < 1.29 is 14.3 Å². The van der Waals surface area contributed by atoms with Gasteiger partial charge in [0.05, 0.1) is 11.3 Å². The van der Waals surface area contributed by atoms with Gasteiger partial charge in [0.15, 0.2) is 0 Å². The van der Waals surface area contributed by atoms with Crippen LogP contribution in [0.2, 0.25) is 5.02 Å². The van der Waals surface area contributed by atoms with Crippen molar-refractivity contribution in [2.24, 2.45) is 0 Å². The van der Waals surface area contributed by atoms with Crippen molar-refractivity contribution in [2.75, 3.05) is 50.8 Å². The number of ether oxygens (including phenoxy) is 1. The summed E-state index contributed by atoms with van der Waals surface area (Å²) >= 11 is 5.89. The van der Waals surface area contributed by atoms with Gasteiger partial charge in [-0.1, -0.05) is 23.7 Å². The smallest absolute Gasteiger partial charge is 0.256 e. The molecule has 0 aromatic heterocycles. The summed E-state index contributed by atoms with van der Waals surface area (Å²) in [4.78, 5) is 31.2. The summed E-state index contributed by atoms with van der Waals surface area (Å²) in [5.41, 5.74) is 1.36. The number of nitrogens with zero attached hydrogens (tertiary/aromatic N) is 3. The number of piperazine rings is 1. The summed E-state index contributed by atoms with van der Waals surface area (Å²) in [6.07, 6.45) is 1.40. The van der Waals surface area contributed by atoms with Gasteiger partial charge in [-0.3, -0.25) is 14.5 Å². The predicted octanol–water partition coefficient (Wildman–Crippen LogP) is 3.30. The third-order valence-electron chi connectivity index (χ3n) is 5.65.